The molecule has 1 N–H and O–H groups in total. The Labute approximate surface area is 518 Å². The summed E-state index contributed by atoms with van der Waals surface area (Å²) in [5.74, 6) is 0.804. The Kier molecular flexibility index (Phi) is 23.7. The summed E-state index contributed by atoms with van der Waals surface area (Å²) >= 11 is 16.8. The van der Waals surface area contributed by atoms with E-state index in [0.717, 1.165) is 50.1 Å². The monoisotopic (exact) mass is 1230 g/mol. The smallest absolute Gasteiger partial charge is 0.748 e. The van der Waals surface area contributed by atoms with E-state index in [1.807, 2.05) is 97.1 Å². The zero-order valence-electron chi connectivity index (χ0n) is 39.1. The van der Waals surface area contributed by atoms with E-state index in [0.29, 0.717) is 52.1 Å². The zero-order chi connectivity index (χ0) is 51.8. The number of Topliss-reactive ketones (excluding diaryl/α,β-unsaturated/α-hetero) is 2. The van der Waals surface area contributed by atoms with Crippen LogP contribution < -0.4 is 103 Å². The molecule has 0 amide bonds. The minimum atomic E-state index is -5.67. The molecule has 2 aliphatic heterocycles. The molecule has 0 saturated heterocycles. The average molecular weight is 1230 g/mol. The first-order chi connectivity index (χ1) is 33.2. The molecule has 1 aliphatic carbocycles. The van der Waals surface area contributed by atoms with E-state index in [2.05, 4.69) is 4.72 Å². The third kappa shape index (κ3) is 16.1. The van der Waals surface area contributed by atoms with Crippen LogP contribution in [-0.4, -0.2) is 108 Å². The van der Waals surface area contributed by atoms with Crippen molar-refractivity contribution in [2.24, 2.45) is 0 Å². The molecule has 7 aromatic rings. The van der Waals surface area contributed by atoms with Crippen LogP contribution >= 0.6 is 34.8 Å². The summed E-state index contributed by atoms with van der Waals surface area (Å²) in [6, 6.07) is 31.8. The van der Waals surface area contributed by atoms with Crippen LogP contribution in [-0.2, 0) is 65.1 Å². The number of fused-ring (bicyclic) bond motifs is 20. The van der Waals surface area contributed by atoms with Crippen molar-refractivity contribution >= 4 is 129 Å². The van der Waals surface area contributed by atoms with Crippen LogP contribution in [0.15, 0.2) is 118 Å². The third-order valence-corrected chi connectivity index (χ3v) is 13.6. The van der Waals surface area contributed by atoms with Gasteiger partial charge in [0.1, 0.15) is 10.1 Å². The minimum Gasteiger partial charge on any atom is -0.748 e. The molecule has 0 unspecified atom stereocenters. The van der Waals surface area contributed by atoms with Gasteiger partial charge in [-0.3, -0.25) is 9.59 Å². The summed E-state index contributed by atoms with van der Waals surface area (Å²) in [5.41, 5.74) is 5.73. The second-order valence-electron chi connectivity index (χ2n) is 14.7. The van der Waals surface area contributed by atoms with E-state index in [4.69, 9.17) is 87.6 Å². The van der Waals surface area contributed by atoms with Crippen molar-refractivity contribution in [3.05, 3.63) is 118 Å². The Morgan fingerprint density at radius 2 is 0.733 bits per heavy atom. The van der Waals surface area contributed by atoms with Crippen molar-refractivity contribution in [1.82, 2.24) is 44.6 Å². The minimum absolute atomic E-state index is 0. The van der Waals surface area contributed by atoms with Crippen molar-refractivity contribution in [3.8, 4) is 45.6 Å². The number of carbonyl (C=O) groups is 2. The van der Waals surface area contributed by atoms with Gasteiger partial charge in [0.25, 0.3) is 0 Å². The fourth-order valence-electron chi connectivity index (χ4n) is 6.71. The summed E-state index contributed by atoms with van der Waals surface area (Å²) in [5, 5.41) is 2.42. The number of halogens is 3. The van der Waals surface area contributed by atoms with E-state index >= 15 is 0 Å². The van der Waals surface area contributed by atoms with Crippen LogP contribution in [0.3, 0.4) is 0 Å². The van der Waals surface area contributed by atoms with Gasteiger partial charge in [-0.15, -0.1) is 0 Å². The number of carbonyl (C=O) groups excluding carboxylic acids is 2. The normalized spacial score (nSPS) is 12.9. The number of rotatable bonds is 5. The molecule has 33 heteroatoms. The first-order valence-corrected chi connectivity index (χ1v) is 27.8. The summed E-state index contributed by atoms with van der Waals surface area (Å²) < 4.78 is 106. The SMILES string of the molecule is CS(=O)(=O)NCCC1=C(Cl)C(=O)C(Cl)=C(Cl)C1=O.CS(=O)(=O)[O-].O=S(=O)([O-])S(=O)(=O)[O-].[Cu].[Na+].[Na+].[Na+].c1ccc2c(c1)-c1nc-2nc2[n-]c(nc3nc(nc4[n-]c(n1)c1ccccc41)-c1ccccc1-3)c1ccccc21. The first kappa shape index (κ1) is 66.4. The van der Waals surface area contributed by atoms with Crippen molar-refractivity contribution in [2.75, 3.05) is 19.1 Å². The van der Waals surface area contributed by atoms with Crippen LogP contribution in [0.4, 0.5) is 0 Å². The maximum Gasteiger partial charge on any atom is 1.00 e. The molecular formula is C42H27Cl3CuN9Na3O13S4-2. The molecule has 75 heavy (non-hydrogen) atoms. The molecule has 0 saturated carbocycles. The van der Waals surface area contributed by atoms with Gasteiger partial charge in [0.05, 0.1) is 44.7 Å². The Morgan fingerprint density at radius 1 is 0.467 bits per heavy atom. The molecule has 22 nitrogen and oxygen atoms in total. The largest absolute Gasteiger partial charge is 1.00 e. The van der Waals surface area contributed by atoms with E-state index in [-0.39, 0.29) is 129 Å². The molecular weight excluding hydrogens is 1210 g/mol. The molecule has 0 fully saturated rings. The molecule has 1 radical (unpaired) electrons. The molecule has 8 bridgehead atoms. The Hall–Kier alpha value is -2.91. The van der Waals surface area contributed by atoms with Gasteiger partial charge in [-0.25, -0.2) is 48.4 Å². The number of nitrogens with one attached hydrogen (secondary N) is 1. The Bertz CT molecular complexity index is 3760. The van der Waals surface area contributed by atoms with Crippen LogP contribution in [0, 0.1) is 0 Å². The van der Waals surface area contributed by atoms with Gasteiger partial charge in [0.15, 0.2) is 18.3 Å². The number of ketones is 2. The van der Waals surface area contributed by atoms with Crippen LogP contribution in [0.1, 0.15) is 6.42 Å². The van der Waals surface area contributed by atoms with Crippen molar-refractivity contribution in [3.63, 3.8) is 0 Å². The van der Waals surface area contributed by atoms with Gasteiger partial charge in [-0.1, -0.05) is 132 Å². The topological polar surface area (TPSA) is 357 Å². The van der Waals surface area contributed by atoms with Crippen molar-refractivity contribution in [2.45, 2.75) is 6.42 Å². The standard InChI is InChI=1S/C32H16N8.C9H8Cl3NO4S.CH4O3S.Cu.3Na.H2O6S2/c1-2-10-18-17(9-1)25-33-26(18)38-28-21-13-5-6-14-22(21)30(35-28)40-32-24-16-8-7-15-23(24)31(36-32)39-29-20-12-4-3-11-19(20)27(34-29)37-25;1-18(16,17)13-3-2-4-5(10)9(15)7(12)6(11)8(4)14;1-5(2,3)4;;;;;1-7(2,3)8(4,5)6/h1-16H;13H,2-3H2,1H3;1H3,(H,2,3,4);;;;;(H,1,2,3)(H,4,5,6)/q-2;;;;3*+1;/p-3. The van der Waals surface area contributed by atoms with E-state index in [9.17, 15) is 43.9 Å². The second-order valence-corrected chi connectivity index (χ2v) is 23.1. The molecule has 4 aromatic carbocycles. The molecule has 379 valence electrons. The third-order valence-electron chi connectivity index (χ3n) is 9.65. The Balaban J connectivity index is 0.000000356. The summed E-state index contributed by atoms with van der Waals surface area (Å²) in [7, 11) is -18.6. The van der Waals surface area contributed by atoms with Crippen LogP contribution in [0.25, 0.3) is 89.7 Å². The van der Waals surface area contributed by atoms with Gasteiger partial charge in [0.2, 0.25) is 21.6 Å². The number of nitrogens with zero attached hydrogens (tertiary/aromatic N) is 8. The quantitative estimate of drug-likeness (QED) is 0.0735. The summed E-state index contributed by atoms with van der Waals surface area (Å²) in [6.45, 7) is -0.0643. The second kappa shape index (κ2) is 26.8. The van der Waals surface area contributed by atoms with Crippen molar-refractivity contribution in [1.29, 1.82) is 0 Å². The van der Waals surface area contributed by atoms with E-state index < -0.39 is 60.1 Å². The maximum absolute atomic E-state index is 11.7. The van der Waals surface area contributed by atoms with Crippen LogP contribution in [0.2, 0.25) is 0 Å². The molecule has 3 aliphatic rings. The van der Waals surface area contributed by atoms with Gasteiger partial charge < -0.3 is 43.6 Å². The number of benzene rings is 4. The summed E-state index contributed by atoms with van der Waals surface area (Å²) in [6.07, 6.45) is 1.53. The summed E-state index contributed by atoms with van der Waals surface area (Å²) in [4.78, 5) is 62.5. The first-order valence-electron chi connectivity index (χ1n) is 19.6. The van der Waals surface area contributed by atoms with Gasteiger partial charge >= 0.3 is 88.7 Å². The Morgan fingerprint density at radius 3 is 1.00 bits per heavy atom. The van der Waals surface area contributed by atoms with Crippen LogP contribution in [0.5, 0.6) is 0 Å². The van der Waals surface area contributed by atoms with Crippen molar-refractivity contribution < 1.29 is 163 Å². The van der Waals surface area contributed by atoms with E-state index in [1.165, 1.54) is 0 Å². The number of hydrogen-bond acceptors (Lipinski definition) is 19. The number of sulfonamides is 1. The number of hydrogen-bond donors (Lipinski definition) is 1. The molecule has 0 spiro atoms. The molecule has 0 atom stereocenters. The van der Waals surface area contributed by atoms with Gasteiger partial charge in [0, 0.05) is 80.3 Å². The zero-order valence-corrected chi connectivity index (χ0v) is 51.6. The predicted molar refractivity (Wildman–Crippen MR) is 258 cm³/mol. The number of aromatic nitrogens is 8. The molecule has 10 rings (SSSR count). The van der Waals surface area contributed by atoms with Gasteiger partial charge in [-0.05, 0) is 28.0 Å². The van der Waals surface area contributed by atoms with Gasteiger partial charge in [-0.2, -0.15) is 0 Å². The average Bonchev–Trinajstić information content (AvgIpc) is 4.04. The molecule has 5 heterocycles. The molecule has 3 aromatic heterocycles. The maximum atomic E-state index is 11.7. The predicted octanol–water partition coefficient (Wildman–Crippen LogP) is -4.45. The fraction of sp³-hybridized carbons (Fsp3) is 0.0952. The van der Waals surface area contributed by atoms with E-state index in [1.54, 1.807) is 0 Å². The number of allylic oxidation sites excluding steroid dienone is 3. The fourth-order valence-corrected chi connectivity index (χ4v) is 7.88.